The maximum atomic E-state index is 12.0. The monoisotopic (exact) mass is 418 g/mol. The topological polar surface area (TPSA) is 75.3 Å². The molecule has 1 aromatic rings. The molecule has 30 heavy (non-hydrogen) atoms. The van der Waals surface area contributed by atoms with E-state index in [1.807, 2.05) is 24.3 Å². The van der Waals surface area contributed by atoms with Gasteiger partial charge in [-0.2, -0.15) is 0 Å². The normalized spacial score (nSPS) is 12.1. The lowest BCUT2D eigenvalue weighted by Crippen LogP contribution is -2.23. The van der Waals surface area contributed by atoms with Gasteiger partial charge in [0.2, 0.25) is 5.91 Å². The minimum absolute atomic E-state index is 0.118. The summed E-state index contributed by atoms with van der Waals surface area (Å²) in [5, 5.41) is 13.1. The predicted octanol–water partition coefficient (Wildman–Crippen LogP) is 5.99. The summed E-state index contributed by atoms with van der Waals surface area (Å²) >= 11 is 0. The number of benzene rings is 1. The van der Waals surface area contributed by atoms with E-state index in [1.165, 1.54) is 38.5 Å². The first kappa shape index (κ1) is 26.6. The van der Waals surface area contributed by atoms with Crippen molar-refractivity contribution < 1.29 is 9.90 Å². The van der Waals surface area contributed by atoms with Crippen LogP contribution in [-0.4, -0.2) is 17.1 Å². The smallest absolute Gasteiger partial charge is 0.220 e. The molecule has 0 heterocycles. The molecule has 1 unspecified atom stereocenters. The van der Waals surface area contributed by atoms with Gasteiger partial charge in [0.15, 0.2) is 0 Å². The van der Waals surface area contributed by atoms with Crippen LogP contribution in [0.5, 0.6) is 0 Å². The minimum atomic E-state index is -0.122. The van der Waals surface area contributed by atoms with E-state index < -0.39 is 0 Å². The average molecular weight is 419 g/mol. The van der Waals surface area contributed by atoms with E-state index in [1.54, 1.807) is 0 Å². The summed E-state index contributed by atoms with van der Waals surface area (Å²) in [6.45, 7) is 3.31. The van der Waals surface area contributed by atoms with Gasteiger partial charge in [-0.1, -0.05) is 102 Å². The Balaban J connectivity index is 1.92. The molecular weight excluding hydrogens is 372 g/mol. The van der Waals surface area contributed by atoms with Crippen molar-refractivity contribution >= 4 is 5.91 Å². The highest BCUT2D eigenvalue weighted by atomic mass is 16.3. The van der Waals surface area contributed by atoms with Crippen molar-refractivity contribution in [1.29, 1.82) is 0 Å². The van der Waals surface area contributed by atoms with Crippen LogP contribution < -0.4 is 11.1 Å². The summed E-state index contributed by atoms with van der Waals surface area (Å²) in [5.41, 5.74) is 7.93. The Morgan fingerprint density at radius 3 is 2.00 bits per heavy atom. The number of aliphatic hydroxyl groups excluding tert-OH is 1. The molecule has 0 aliphatic carbocycles. The molecule has 1 aromatic carbocycles. The number of aliphatic hydroxyl groups is 1. The first-order valence-electron chi connectivity index (χ1n) is 12.4. The van der Waals surface area contributed by atoms with Crippen LogP contribution in [-0.2, 0) is 17.9 Å². The molecule has 0 saturated carbocycles. The number of hydrogen-bond donors (Lipinski definition) is 3. The Labute approximate surface area is 185 Å². The Morgan fingerprint density at radius 1 is 0.867 bits per heavy atom. The van der Waals surface area contributed by atoms with Gasteiger partial charge in [0, 0.05) is 19.5 Å². The van der Waals surface area contributed by atoms with Crippen molar-refractivity contribution in [2.45, 2.75) is 122 Å². The third kappa shape index (κ3) is 13.8. The number of amides is 1. The summed E-state index contributed by atoms with van der Waals surface area (Å²) in [6.07, 6.45) is 16.9. The second-order valence-corrected chi connectivity index (χ2v) is 8.62. The van der Waals surface area contributed by atoms with E-state index >= 15 is 0 Å². The Morgan fingerprint density at radius 2 is 1.40 bits per heavy atom. The second-order valence-electron chi connectivity index (χ2n) is 8.62. The van der Waals surface area contributed by atoms with E-state index in [-0.39, 0.29) is 12.0 Å². The molecule has 1 rings (SSSR count). The quantitative estimate of drug-likeness (QED) is 0.241. The number of nitrogens with two attached hydrogens (primary N) is 1. The van der Waals surface area contributed by atoms with Crippen LogP contribution in [0, 0.1) is 0 Å². The third-order valence-electron chi connectivity index (χ3n) is 5.90. The van der Waals surface area contributed by atoms with Gasteiger partial charge in [-0.3, -0.25) is 4.79 Å². The van der Waals surface area contributed by atoms with E-state index in [9.17, 15) is 9.90 Å². The first-order chi connectivity index (χ1) is 14.7. The highest BCUT2D eigenvalue weighted by Crippen LogP contribution is 2.14. The molecule has 0 radical (unpaired) electrons. The van der Waals surface area contributed by atoms with Crippen molar-refractivity contribution in [2.24, 2.45) is 5.73 Å². The number of unbranched alkanes of at least 4 members (excludes halogenated alkanes) is 10. The SMILES string of the molecule is CCCCCCCCCC(O)CCCCCCCC(=O)NCc1ccccc1CN. The Hall–Kier alpha value is -1.39. The van der Waals surface area contributed by atoms with Crippen LogP contribution in [0.1, 0.15) is 114 Å². The number of carbonyl (C=O) groups excluding carboxylic acids is 1. The van der Waals surface area contributed by atoms with Gasteiger partial charge >= 0.3 is 0 Å². The molecule has 1 atom stereocenters. The van der Waals surface area contributed by atoms with Crippen LogP contribution in [0.4, 0.5) is 0 Å². The number of hydrogen-bond acceptors (Lipinski definition) is 3. The summed E-state index contributed by atoms with van der Waals surface area (Å²) in [5.74, 6) is 0.118. The molecule has 172 valence electrons. The van der Waals surface area contributed by atoms with Gasteiger partial charge in [-0.15, -0.1) is 0 Å². The molecule has 0 aliphatic rings. The third-order valence-corrected chi connectivity index (χ3v) is 5.90. The molecule has 0 bridgehead atoms. The van der Waals surface area contributed by atoms with E-state index in [2.05, 4.69) is 12.2 Å². The maximum Gasteiger partial charge on any atom is 0.220 e. The molecular formula is C26H46N2O2. The fourth-order valence-electron chi connectivity index (χ4n) is 3.89. The van der Waals surface area contributed by atoms with Crippen LogP contribution in [0.2, 0.25) is 0 Å². The molecule has 4 N–H and O–H groups in total. The van der Waals surface area contributed by atoms with Gasteiger partial charge in [0.1, 0.15) is 0 Å². The van der Waals surface area contributed by atoms with Gasteiger partial charge in [-0.05, 0) is 30.4 Å². The van der Waals surface area contributed by atoms with Crippen molar-refractivity contribution in [1.82, 2.24) is 5.32 Å². The fraction of sp³-hybridized carbons (Fsp3) is 0.731. The molecule has 4 nitrogen and oxygen atoms in total. The number of rotatable bonds is 19. The van der Waals surface area contributed by atoms with E-state index in [0.29, 0.717) is 19.5 Å². The Bertz CT molecular complexity index is 548. The lowest BCUT2D eigenvalue weighted by Gasteiger charge is -2.10. The van der Waals surface area contributed by atoms with Gasteiger partial charge in [0.25, 0.3) is 0 Å². The van der Waals surface area contributed by atoms with Crippen LogP contribution in [0.3, 0.4) is 0 Å². The molecule has 0 fully saturated rings. The fourth-order valence-corrected chi connectivity index (χ4v) is 3.89. The zero-order chi connectivity index (χ0) is 21.9. The predicted molar refractivity (Wildman–Crippen MR) is 127 cm³/mol. The maximum absolute atomic E-state index is 12.0. The molecule has 1 amide bonds. The highest BCUT2D eigenvalue weighted by Gasteiger charge is 2.05. The number of carbonyl (C=O) groups is 1. The molecule has 0 saturated heterocycles. The average Bonchev–Trinajstić information content (AvgIpc) is 2.76. The summed E-state index contributed by atoms with van der Waals surface area (Å²) in [6, 6.07) is 7.98. The standard InChI is InChI=1S/C26H46N2O2/c1-2-3-4-5-6-8-11-18-25(29)19-12-9-7-10-13-20-26(30)28-22-24-17-15-14-16-23(24)21-27/h14-17,25,29H,2-13,18-22,27H2,1H3,(H,28,30). The van der Waals surface area contributed by atoms with Crippen molar-refractivity contribution in [3.05, 3.63) is 35.4 Å². The first-order valence-corrected chi connectivity index (χ1v) is 12.4. The summed E-state index contributed by atoms with van der Waals surface area (Å²) in [4.78, 5) is 12.0. The molecule has 4 heteroatoms. The van der Waals surface area contributed by atoms with Gasteiger partial charge in [-0.25, -0.2) is 0 Å². The lowest BCUT2D eigenvalue weighted by molar-refractivity contribution is -0.121. The van der Waals surface area contributed by atoms with Crippen LogP contribution in [0.25, 0.3) is 0 Å². The van der Waals surface area contributed by atoms with E-state index in [0.717, 1.165) is 62.5 Å². The minimum Gasteiger partial charge on any atom is -0.393 e. The summed E-state index contributed by atoms with van der Waals surface area (Å²) < 4.78 is 0. The largest absolute Gasteiger partial charge is 0.393 e. The lowest BCUT2D eigenvalue weighted by atomic mass is 10.0. The number of nitrogens with one attached hydrogen (secondary N) is 1. The van der Waals surface area contributed by atoms with Gasteiger partial charge in [0.05, 0.1) is 6.10 Å². The van der Waals surface area contributed by atoms with Gasteiger partial charge < -0.3 is 16.2 Å². The zero-order valence-electron chi connectivity index (χ0n) is 19.3. The molecule has 0 spiro atoms. The van der Waals surface area contributed by atoms with Crippen LogP contribution in [0.15, 0.2) is 24.3 Å². The summed E-state index contributed by atoms with van der Waals surface area (Å²) in [7, 11) is 0. The van der Waals surface area contributed by atoms with Crippen molar-refractivity contribution in [3.8, 4) is 0 Å². The molecule has 0 aromatic heterocycles. The van der Waals surface area contributed by atoms with E-state index in [4.69, 9.17) is 5.73 Å². The second kappa shape index (κ2) is 18.4. The zero-order valence-corrected chi connectivity index (χ0v) is 19.3. The highest BCUT2D eigenvalue weighted by molar-refractivity contribution is 5.75. The van der Waals surface area contributed by atoms with Crippen molar-refractivity contribution in [3.63, 3.8) is 0 Å². The van der Waals surface area contributed by atoms with Crippen molar-refractivity contribution in [2.75, 3.05) is 0 Å². The molecule has 0 aliphatic heterocycles. The van der Waals surface area contributed by atoms with Crippen LogP contribution >= 0.6 is 0 Å². The Kier molecular flexibility index (Phi) is 16.3.